The first-order valence-corrected chi connectivity index (χ1v) is 18.1. The van der Waals surface area contributed by atoms with E-state index in [1.807, 2.05) is 0 Å². The maximum absolute atomic E-state index is 11.2. The van der Waals surface area contributed by atoms with E-state index in [-0.39, 0.29) is 0 Å². The molecule has 0 spiro atoms. The number of fused-ring (bicyclic) bond motifs is 1. The molecule has 5 aliphatic heterocycles. The van der Waals surface area contributed by atoms with E-state index in [4.69, 9.17) is 37.9 Å². The normalized spacial score (nSPS) is 56.4. The zero-order valence-corrected chi connectivity index (χ0v) is 29.7. The van der Waals surface area contributed by atoms with Crippen LogP contribution < -0.4 is 5.32 Å². The number of rotatable bonds is 12. The van der Waals surface area contributed by atoms with Gasteiger partial charge in [-0.2, -0.15) is 0 Å². The highest BCUT2D eigenvalue weighted by molar-refractivity contribution is 5.22. The van der Waals surface area contributed by atoms with Crippen molar-refractivity contribution < 1.29 is 120 Å². The van der Waals surface area contributed by atoms with Crippen LogP contribution in [0.4, 0.5) is 0 Å². The molecule has 25 heteroatoms. The average Bonchev–Trinajstić information content (AvgIpc) is 3.93. The molecule has 0 bridgehead atoms. The summed E-state index contributed by atoms with van der Waals surface area (Å²) in [5, 5.41) is 170. The third kappa shape index (κ3) is 7.86. The van der Waals surface area contributed by atoms with E-state index in [1.165, 1.54) is 6.92 Å². The molecule has 5 saturated heterocycles. The fourth-order valence-electron chi connectivity index (χ4n) is 8.07. The van der Waals surface area contributed by atoms with Crippen molar-refractivity contribution in [3.63, 3.8) is 0 Å². The van der Waals surface area contributed by atoms with E-state index in [2.05, 4.69) is 5.32 Å². The van der Waals surface area contributed by atoms with Crippen molar-refractivity contribution in [1.29, 1.82) is 0 Å². The number of hydrogen-bond donors (Lipinski definition) is 17. The molecule has 56 heavy (non-hydrogen) atoms. The average molecular weight is 824 g/mol. The SMILES string of the molecule is CC1OC(OC2C(CO)OC(OC3C(CO)OC(O)C(O)C3O)C(O)C2O)C(O)C(O)C1NC1C(O)C(O)C(OC2OC(CO)C(O)C(O)C2O)C2(CO)OC12. The summed E-state index contributed by atoms with van der Waals surface area (Å²) in [6.07, 6.45) is -39.1. The standard InChI is InChI=1S/C31H53NO24/c1-6-10(32-11-14(39)18(43)26(31(5-36)25(11)56-31)55-30-21(46)15(40)12(37)7(2-33)51-30)13(38)20(45)28(49-6)53-24-9(4-35)52-29(22(47)17(24)42)54-23-8(3-34)50-27(48)19(44)16(23)41/h6-30,32-48H,2-5H2,1H3. The largest absolute Gasteiger partial charge is 0.394 e. The fraction of sp³-hybridized carbons (Fsp3) is 1.00. The van der Waals surface area contributed by atoms with Gasteiger partial charge in [0.2, 0.25) is 0 Å². The Balaban J connectivity index is 1.09. The van der Waals surface area contributed by atoms with Gasteiger partial charge in [0.25, 0.3) is 0 Å². The number of epoxide rings is 1. The first kappa shape index (κ1) is 44.5. The summed E-state index contributed by atoms with van der Waals surface area (Å²) in [6.45, 7) is -1.86. The molecule has 1 saturated carbocycles. The van der Waals surface area contributed by atoms with Crippen molar-refractivity contribution in [3.05, 3.63) is 0 Å². The highest BCUT2D eigenvalue weighted by Gasteiger charge is 2.73. The van der Waals surface area contributed by atoms with Gasteiger partial charge in [0.15, 0.2) is 25.2 Å². The molecule has 326 valence electrons. The zero-order valence-electron chi connectivity index (χ0n) is 29.7. The lowest BCUT2D eigenvalue weighted by Gasteiger charge is -2.49. The maximum atomic E-state index is 11.2. The summed E-state index contributed by atoms with van der Waals surface area (Å²) in [4.78, 5) is 0. The van der Waals surface area contributed by atoms with E-state index >= 15 is 0 Å². The summed E-state index contributed by atoms with van der Waals surface area (Å²) in [5.74, 6) is 0. The van der Waals surface area contributed by atoms with Gasteiger partial charge in [-0.3, -0.25) is 0 Å². The van der Waals surface area contributed by atoms with Crippen LogP contribution in [0.15, 0.2) is 0 Å². The molecule has 6 aliphatic rings. The summed E-state index contributed by atoms with van der Waals surface area (Å²) in [6, 6.07) is -2.52. The van der Waals surface area contributed by atoms with E-state index in [9.17, 15) is 81.7 Å². The minimum atomic E-state index is -1.99. The lowest BCUT2D eigenvalue weighted by Crippen LogP contribution is -2.71. The molecule has 6 fully saturated rings. The number of aliphatic hydroxyl groups excluding tert-OH is 16. The molecule has 26 atom stereocenters. The summed E-state index contributed by atoms with van der Waals surface area (Å²) >= 11 is 0. The lowest BCUT2D eigenvalue weighted by molar-refractivity contribution is -0.374. The van der Waals surface area contributed by atoms with Crippen LogP contribution in [-0.4, -0.2) is 267 Å². The number of nitrogens with one attached hydrogen (secondary N) is 1. The first-order valence-electron chi connectivity index (χ1n) is 18.1. The molecular weight excluding hydrogens is 770 g/mol. The summed E-state index contributed by atoms with van der Waals surface area (Å²) < 4.78 is 44.4. The Kier molecular flexibility index (Phi) is 14.0. The van der Waals surface area contributed by atoms with Crippen molar-refractivity contribution in [2.45, 2.75) is 166 Å². The Hall–Kier alpha value is -1.00. The fourth-order valence-corrected chi connectivity index (χ4v) is 8.07. The molecule has 0 aromatic carbocycles. The van der Waals surface area contributed by atoms with Crippen LogP contribution in [-0.2, 0) is 37.9 Å². The molecule has 0 amide bonds. The van der Waals surface area contributed by atoms with E-state index < -0.39 is 185 Å². The van der Waals surface area contributed by atoms with Gasteiger partial charge in [0, 0.05) is 0 Å². The number of aliphatic hydroxyl groups is 16. The Bertz CT molecular complexity index is 1290. The molecular formula is C31H53NO24. The van der Waals surface area contributed by atoms with Gasteiger partial charge in [-0.1, -0.05) is 0 Å². The van der Waals surface area contributed by atoms with Crippen LogP contribution in [0, 0.1) is 0 Å². The molecule has 17 N–H and O–H groups in total. The van der Waals surface area contributed by atoms with Crippen LogP contribution in [0.5, 0.6) is 0 Å². The third-order valence-corrected chi connectivity index (χ3v) is 11.5. The lowest BCUT2D eigenvalue weighted by atomic mass is 9.78. The van der Waals surface area contributed by atoms with Gasteiger partial charge in [-0.05, 0) is 6.92 Å². The Morgan fingerprint density at radius 3 is 1.55 bits per heavy atom. The van der Waals surface area contributed by atoms with Crippen molar-refractivity contribution in [2.75, 3.05) is 26.4 Å². The van der Waals surface area contributed by atoms with E-state index in [0.717, 1.165) is 0 Å². The Morgan fingerprint density at radius 1 is 0.482 bits per heavy atom. The first-order chi connectivity index (χ1) is 26.5. The van der Waals surface area contributed by atoms with Gasteiger partial charge in [0.1, 0.15) is 115 Å². The Labute approximate surface area is 317 Å². The summed E-state index contributed by atoms with van der Waals surface area (Å²) in [5.41, 5.74) is -1.73. The molecule has 5 heterocycles. The minimum absolute atomic E-state index is 0.776. The van der Waals surface area contributed by atoms with Crippen molar-refractivity contribution >= 4 is 0 Å². The molecule has 1 aliphatic carbocycles. The van der Waals surface area contributed by atoms with Crippen LogP contribution in [0.2, 0.25) is 0 Å². The second-order valence-electron chi connectivity index (χ2n) is 14.9. The van der Waals surface area contributed by atoms with Crippen LogP contribution in [0.25, 0.3) is 0 Å². The van der Waals surface area contributed by atoms with Crippen LogP contribution in [0.3, 0.4) is 0 Å². The minimum Gasteiger partial charge on any atom is -0.394 e. The predicted octanol–water partition coefficient (Wildman–Crippen LogP) is -11.5. The highest BCUT2D eigenvalue weighted by Crippen LogP contribution is 2.50. The quantitative estimate of drug-likeness (QED) is 0.0812. The van der Waals surface area contributed by atoms with Gasteiger partial charge >= 0.3 is 0 Å². The smallest absolute Gasteiger partial charge is 0.187 e. The third-order valence-electron chi connectivity index (χ3n) is 11.5. The van der Waals surface area contributed by atoms with E-state index in [1.54, 1.807) is 0 Å². The maximum Gasteiger partial charge on any atom is 0.187 e. The van der Waals surface area contributed by atoms with Gasteiger partial charge in [0.05, 0.1) is 44.6 Å². The molecule has 0 aromatic rings. The zero-order chi connectivity index (χ0) is 41.1. The Morgan fingerprint density at radius 2 is 0.964 bits per heavy atom. The molecule has 6 rings (SSSR count). The van der Waals surface area contributed by atoms with Crippen molar-refractivity contribution in [3.8, 4) is 0 Å². The van der Waals surface area contributed by atoms with Crippen molar-refractivity contribution in [1.82, 2.24) is 5.32 Å². The topological polar surface area (TPSA) is 413 Å². The highest BCUT2D eigenvalue weighted by atomic mass is 16.8. The van der Waals surface area contributed by atoms with Crippen molar-refractivity contribution in [2.24, 2.45) is 0 Å². The van der Waals surface area contributed by atoms with Gasteiger partial charge < -0.3 is 125 Å². The number of ether oxygens (including phenoxy) is 8. The van der Waals surface area contributed by atoms with Crippen LogP contribution in [0.1, 0.15) is 6.92 Å². The molecule has 0 aromatic heterocycles. The number of hydrogen-bond acceptors (Lipinski definition) is 25. The monoisotopic (exact) mass is 823 g/mol. The predicted molar refractivity (Wildman–Crippen MR) is 170 cm³/mol. The molecule has 25 nitrogen and oxygen atoms in total. The summed E-state index contributed by atoms with van der Waals surface area (Å²) in [7, 11) is 0. The van der Waals surface area contributed by atoms with E-state index in [0.29, 0.717) is 0 Å². The second kappa shape index (κ2) is 17.5. The van der Waals surface area contributed by atoms with Gasteiger partial charge in [-0.25, -0.2) is 0 Å². The van der Waals surface area contributed by atoms with Crippen LogP contribution >= 0.6 is 0 Å². The molecule has 0 radical (unpaired) electrons. The second-order valence-corrected chi connectivity index (χ2v) is 14.9. The van der Waals surface area contributed by atoms with Gasteiger partial charge in [-0.15, -0.1) is 0 Å². The molecule has 26 unspecified atom stereocenters.